The summed E-state index contributed by atoms with van der Waals surface area (Å²) in [6, 6.07) is 74.6. The zero-order chi connectivity index (χ0) is 48.8. The summed E-state index contributed by atoms with van der Waals surface area (Å²) in [4.78, 5) is 2.66. The first-order chi connectivity index (χ1) is 35.5. The summed E-state index contributed by atoms with van der Waals surface area (Å²) in [5, 5.41) is 14.3. The molecule has 5 heteroatoms. The smallest absolute Gasteiger partial charge is 0.264 e. The summed E-state index contributed by atoms with van der Waals surface area (Å²) in [5.74, 6) is 0. The number of para-hydroxylation sites is 3. The summed E-state index contributed by atoms with van der Waals surface area (Å²) < 4.78 is 7.91. The van der Waals surface area contributed by atoms with Crippen molar-refractivity contribution in [3.63, 3.8) is 0 Å². The van der Waals surface area contributed by atoms with Crippen LogP contribution in [0.2, 0.25) is 0 Å². The van der Waals surface area contributed by atoms with Gasteiger partial charge in [-0.25, -0.2) is 0 Å². The van der Waals surface area contributed by atoms with Gasteiger partial charge in [0.25, 0.3) is 6.71 Å². The first-order valence-corrected chi connectivity index (χ1v) is 26.7. The van der Waals surface area contributed by atoms with Crippen molar-refractivity contribution in [2.24, 2.45) is 0 Å². The lowest BCUT2D eigenvalue weighted by atomic mass is 9.36. The molecule has 2 aliphatic rings. The minimum absolute atomic E-state index is 0.0168. The Morgan fingerprint density at radius 3 is 1.73 bits per heavy atom. The molecule has 11 aromatic carbocycles. The minimum atomic E-state index is -0.0258. The highest BCUT2D eigenvalue weighted by Crippen LogP contribution is 2.50. The zero-order valence-electron chi connectivity index (χ0n) is 41.8. The van der Waals surface area contributed by atoms with Gasteiger partial charge in [0.05, 0.1) is 27.8 Å². The number of hydrogen-bond donors (Lipinski definition) is 0. The predicted octanol–water partition coefficient (Wildman–Crippen LogP) is 16.9. The number of aromatic nitrogens is 2. The quantitative estimate of drug-likeness (QED) is 0.127. The van der Waals surface area contributed by atoms with Crippen LogP contribution >= 0.6 is 11.3 Å². The molecule has 0 saturated carbocycles. The molecule has 0 fully saturated rings. The molecule has 0 atom stereocenters. The van der Waals surface area contributed by atoms with Crippen LogP contribution in [0.3, 0.4) is 0 Å². The third-order valence-corrected chi connectivity index (χ3v) is 17.9. The highest BCUT2D eigenvalue weighted by atomic mass is 32.1. The van der Waals surface area contributed by atoms with Gasteiger partial charge < -0.3 is 14.0 Å². The number of benzene rings is 11. The van der Waals surface area contributed by atoms with E-state index in [-0.39, 0.29) is 17.5 Å². The Bertz CT molecular complexity index is 4630. The van der Waals surface area contributed by atoms with Crippen molar-refractivity contribution in [1.82, 2.24) is 9.13 Å². The van der Waals surface area contributed by atoms with Crippen LogP contribution in [-0.2, 0) is 10.8 Å². The van der Waals surface area contributed by atoms with Crippen molar-refractivity contribution < 1.29 is 0 Å². The van der Waals surface area contributed by atoms with E-state index in [0.29, 0.717) is 0 Å². The maximum absolute atomic E-state index is 2.66. The second kappa shape index (κ2) is 14.3. The molecule has 0 N–H and O–H groups in total. The molecule has 0 amide bonds. The van der Waals surface area contributed by atoms with Gasteiger partial charge in [-0.1, -0.05) is 163 Å². The van der Waals surface area contributed by atoms with Crippen molar-refractivity contribution in [2.75, 3.05) is 4.90 Å². The lowest BCUT2D eigenvalue weighted by Gasteiger charge is -2.39. The Morgan fingerprint density at radius 2 is 1.01 bits per heavy atom. The largest absolute Gasteiger partial charge is 0.310 e. The number of hydrogen-bond acceptors (Lipinski definition) is 2. The van der Waals surface area contributed by atoms with E-state index < -0.39 is 0 Å². The van der Waals surface area contributed by atoms with E-state index in [1.807, 2.05) is 11.3 Å². The average Bonchev–Trinajstić information content (AvgIpc) is 4.09. The maximum Gasteiger partial charge on any atom is 0.264 e. The summed E-state index contributed by atoms with van der Waals surface area (Å²) in [5.41, 5.74) is 19.0. The maximum atomic E-state index is 2.66. The average molecular weight is 952 g/mol. The molecule has 5 heterocycles. The van der Waals surface area contributed by atoms with Crippen LogP contribution in [-0.4, -0.2) is 15.8 Å². The second-order valence-electron chi connectivity index (χ2n) is 22.9. The molecule has 16 rings (SSSR count). The topological polar surface area (TPSA) is 13.1 Å². The van der Waals surface area contributed by atoms with Crippen molar-refractivity contribution in [2.45, 2.75) is 52.4 Å². The normalized spacial score (nSPS) is 13.6. The molecule has 0 spiro atoms. The van der Waals surface area contributed by atoms with E-state index in [1.54, 1.807) is 0 Å². The molecular formula is C68H50BN3S. The Hall–Kier alpha value is -8.12. The lowest BCUT2D eigenvalue weighted by molar-refractivity contribution is 0.590. The van der Waals surface area contributed by atoms with Crippen LogP contribution < -0.4 is 20.6 Å². The minimum Gasteiger partial charge on any atom is -0.310 e. The third-order valence-electron chi connectivity index (χ3n) is 16.7. The van der Waals surface area contributed by atoms with Crippen molar-refractivity contribution in [1.29, 1.82) is 0 Å². The van der Waals surface area contributed by atoms with Gasteiger partial charge in [0.1, 0.15) is 0 Å². The van der Waals surface area contributed by atoms with Crippen LogP contribution in [0.5, 0.6) is 0 Å². The molecular weight excluding hydrogens is 902 g/mol. The van der Waals surface area contributed by atoms with Crippen molar-refractivity contribution in [3.8, 4) is 22.5 Å². The van der Waals surface area contributed by atoms with E-state index in [0.717, 1.165) is 0 Å². The Morgan fingerprint density at radius 1 is 0.411 bits per heavy atom. The van der Waals surface area contributed by atoms with Crippen LogP contribution in [0.25, 0.3) is 109 Å². The summed E-state index contributed by atoms with van der Waals surface area (Å²) >= 11 is 1.99. The number of anilines is 3. The van der Waals surface area contributed by atoms with Gasteiger partial charge in [0.2, 0.25) is 0 Å². The first kappa shape index (κ1) is 41.5. The van der Waals surface area contributed by atoms with E-state index >= 15 is 0 Å². The Kier molecular flexibility index (Phi) is 8.13. The second-order valence-corrected chi connectivity index (χ2v) is 24.0. The fraction of sp³-hybridized carbons (Fsp3) is 0.118. The van der Waals surface area contributed by atoms with Gasteiger partial charge in [0, 0.05) is 59.2 Å². The van der Waals surface area contributed by atoms with E-state index in [2.05, 4.69) is 250 Å². The van der Waals surface area contributed by atoms with Gasteiger partial charge in [-0.3, -0.25) is 0 Å². The summed E-state index contributed by atoms with van der Waals surface area (Å²) in [6.07, 6.45) is 0. The van der Waals surface area contributed by atoms with Crippen molar-refractivity contribution in [3.05, 3.63) is 205 Å². The first-order valence-electron chi connectivity index (χ1n) is 25.9. The Labute approximate surface area is 428 Å². The molecule has 14 aromatic rings. The number of rotatable bonds is 3. The van der Waals surface area contributed by atoms with E-state index in [4.69, 9.17) is 0 Å². The summed E-state index contributed by atoms with van der Waals surface area (Å²) in [7, 11) is 0. The van der Waals surface area contributed by atoms with Gasteiger partial charge in [0.15, 0.2) is 0 Å². The Balaban J connectivity index is 1.09. The molecule has 0 aliphatic carbocycles. The SMILES string of the molecule is CC(C)(C)c1ccc(N2c3cc(-c4cc5ccc6cccc7ccc(c4)c5c67)cc4c3B(c3sc5ccc(C(C)(C)C)cc5c32)c2cc3c5ccccc5n(-c5ccccc5)c3c3c5ccccc5n-4c23)cc1. The molecule has 0 unspecified atom stereocenters. The van der Waals surface area contributed by atoms with Gasteiger partial charge in [-0.05, 0) is 149 Å². The molecule has 0 bridgehead atoms. The highest BCUT2D eigenvalue weighted by Gasteiger charge is 2.45. The monoisotopic (exact) mass is 951 g/mol. The van der Waals surface area contributed by atoms with Crippen LogP contribution in [0.4, 0.5) is 17.1 Å². The molecule has 0 saturated heterocycles. The van der Waals surface area contributed by atoms with Crippen LogP contribution in [0, 0.1) is 0 Å². The lowest BCUT2D eigenvalue weighted by Crippen LogP contribution is -2.59. The van der Waals surface area contributed by atoms with Gasteiger partial charge >= 0.3 is 0 Å². The van der Waals surface area contributed by atoms with Gasteiger partial charge in [-0.2, -0.15) is 0 Å². The zero-order valence-corrected chi connectivity index (χ0v) is 42.6. The molecule has 346 valence electrons. The van der Waals surface area contributed by atoms with E-state index in [1.165, 1.54) is 152 Å². The van der Waals surface area contributed by atoms with Gasteiger partial charge in [-0.15, -0.1) is 11.3 Å². The fourth-order valence-corrected chi connectivity index (χ4v) is 14.5. The molecule has 2 aliphatic heterocycles. The van der Waals surface area contributed by atoms with Crippen molar-refractivity contribution >= 4 is 137 Å². The molecule has 73 heavy (non-hydrogen) atoms. The third kappa shape index (κ3) is 5.61. The van der Waals surface area contributed by atoms with Crippen LogP contribution in [0.15, 0.2) is 194 Å². The number of thiophene rings is 1. The highest BCUT2D eigenvalue weighted by molar-refractivity contribution is 7.33. The fourth-order valence-electron chi connectivity index (χ4n) is 13.2. The summed E-state index contributed by atoms with van der Waals surface area (Å²) in [6.45, 7) is 14.0. The standard InChI is InChI=1S/C68H50BN3S/c1-67(2,3)45-27-30-48(31-28-45)71-56-35-44(43-33-41-25-23-39-15-14-16-40-24-26-42(34-43)60(41)59(39)40)36-57-62(56)69(66-64(71)52-37-46(68(4,5)6)29-32-58(52)73-66)53-38-51-49-19-10-12-21-54(49)70(47-17-8-7-9-18-47)63(51)61-50-20-11-13-22-55(50)72(57)65(53)61/h7-38H,1-6H3. The molecule has 0 radical (unpaired) electrons. The number of fused-ring (bicyclic) bond motifs is 13. The number of nitrogens with zero attached hydrogens (tertiary/aromatic N) is 3. The molecule has 3 aromatic heterocycles. The molecule has 3 nitrogen and oxygen atoms in total. The van der Waals surface area contributed by atoms with E-state index in [9.17, 15) is 0 Å². The predicted molar refractivity (Wildman–Crippen MR) is 316 cm³/mol. The van der Waals surface area contributed by atoms with Crippen LogP contribution in [0.1, 0.15) is 52.7 Å².